The fourth-order valence-corrected chi connectivity index (χ4v) is 3.77. The molecule has 0 aromatic heterocycles. The van der Waals surface area contributed by atoms with Gasteiger partial charge in [-0.25, -0.2) is 0 Å². The minimum absolute atomic E-state index is 0.0142. The van der Waals surface area contributed by atoms with Gasteiger partial charge in [0.25, 0.3) is 0 Å². The lowest BCUT2D eigenvalue weighted by molar-refractivity contribution is -0.114. The highest BCUT2D eigenvalue weighted by atomic mass is 79.9. The summed E-state index contributed by atoms with van der Waals surface area (Å²) in [5.41, 5.74) is 2.33. The van der Waals surface area contributed by atoms with Crippen LogP contribution in [0.2, 0.25) is 0 Å². The summed E-state index contributed by atoms with van der Waals surface area (Å²) in [7, 11) is 1.83. The second-order valence-corrected chi connectivity index (χ2v) is 6.93. The number of hydrogen-bond acceptors (Lipinski definition) is 3. The van der Waals surface area contributed by atoms with Crippen LogP contribution in [-0.2, 0) is 4.79 Å². The lowest BCUT2D eigenvalue weighted by Crippen LogP contribution is -2.45. The molecule has 0 aliphatic carbocycles. The fraction of sp³-hybridized carbons (Fsp3) is 0.286. The topological polar surface area (TPSA) is 52.6 Å². The Morgan fingerprint density at radius 3 is 2.38 bits per heavy atom. The van der Waals surface area contributed by atoms with Crippen LogP contribution < -0.4 is 5.32 Å². The zero-order valence-corrected chi connectivity index (χ0v) is 15.7. The van der Waals surface area contributed by atoms with E-state index in [1.807, 2.05) is 14.0 Å². The maximum atomic E-state index is 12.0. The van der Waals surface area contributed by atoms with Crippen LogP contribution in [0.4, 0.5) is 0 Å². The number of allylic oxidation sites excluding steroid dienone is 1. The summed E-state index contributed by atoms with van der Waals surface area (Å²) in [5.74, 6) is 0.110. The Morgan fingerprint density at radius 2 is 1.90 bits per heavy atom. The molecule has 1 aliphatic heterocycles. The molecule has 7 heteroatoms. The van der Waals surface area contributed by atoms with Gasteiger partial charge in [-0.2, -0.15) is 0 Å². The third-order valence-electron chi connectivity index (χ3n) is 3.51. The van der Waals surface area contributed by atoms with Gasteiger partial charge in [0, 0.05) is 18.3 Å². The average Bonchev–Trinajstić information content (AvgIpc) is 2.40. The molecular formula is C14H14Br2N2O2S. The Hall–Kier alpha value is -0.920. The molecule has 0 radical (unpaired) electrons. The van der Waals surface area contributed by atoms with Crippen LogP contribution in [-0.4, -0.2) is 27.9 Å². The smallest absolute Gasteiger partial charge is 0.173 e. The first kappa shape index (κ1) is 16.5. The van der Waals surface area contributed by atoms with Gasteiger partial charge in [-0.1, -0.05) is 0 Å². The van der Waals surface area contributed by atoms with E-state index in [4.69, 9.17) is 12.2 Å². The minimum atomic E-state index is -0.334. The Kier molecular flexibility index (Phi) is 4.75. The van der Waals surface area contributed by atoms with Gasteiger partial charge in [-0.05, 0) is 75.6 Å². The van der Waals surface area contributed by atoms with Crippen LogP contribution in [0.25, 0.3) is 0 Å². The molecular weight excluding hydrogens is 420 g/mol. The van der Waals surface area contributed by atoms with Crippen molar-refractivity contribution in [1.82, 2.24) is 10.2 Å². The number of rotatable bonds is 2. The van der Waals surface area contributed by atoms with Crippen molar-refractivity contribution in [2.24, 2.45) is 0 Å². The minimum Gasteiger partial charge on any atom is -0.506 e. The van der Waals surface area contributed by atoms with Gasteiger partial charge >= 0.3 is 0 Å². The molecule has 4 nitrogen and oxygen atoms in total. The van der Waals surface area contributed by atoms with E-state index >= 15 is 0 Å². The Morgan fingerprint density at radius 1 is 1.38 bits per heavy atom. The van der Waals surface area contributed by atoms with Crippen LogP contribution >= 0.6 is 44.1 Å². The predicted octanol–water partition coefficient (Wildman–Crippen LogP) is 3.64. The van der Waals surface area contributed by atoms with Crippen molar-refractivity contribution in [1.29, 1.82) is 0 Å². The van der Waals surface area contributed by atoms with Gasteiger partial charge in [0.1, 0.15) is 5.75 Å². The van der Waals surface area contributed by atoms with E-state index in [0.29, 0.717) is 19.6 Å². The van der Waals surface area contributed by atoms with Crippen molar-refractivity contribution in [3.8, 4) is 5.75 Å². The van der Waals surface area contributed by atoms with Crippen molar-refractivity contribution in [2.75, 3.05) is 7.05 Å². The number of halogens is 2. The van der Waals surface area contributed by atoms with Gasteiger partial charge in [0.15, 0.2) is 10.9 Å². The van der Waals surface area contributed by atoms with E-state index in [1.54, 1.807) is 24.0 Å². The van der Waals surface area contributed by atoms with Crippen molar-refractivity contribution < 1.29 is 9.90 Å². The first-order valence-corrected chi connectivity index (χ1v) is 8.17. The number of phenols is 1. The summed E-state index contributed by atoms with van der Waals surface area (Å²) in [6, 6.07) is 3.23. The number of ketones is 1. The lowest BCUT2D eigenvalue weighted by atomic mass is 9.92. The van der Waals surface area contributed by atoms with Crippen molar-refractivity contribution in [3.63, 3.8) is 0 Å². The van der Waals surface area contributed by atoms with Crippen LogP contribution in [0, 0.1) is 0 Å². The SMILES string of the molecule is CC(=O)C1=C(C)N(C)C(=S)NC1c1cc(Br)c(O)c(Br)c1. The van der Waals surface area contributed by atoms with E-state index in [0.717, 1.165) is 11.3 Å². The number of thiocarbonyl (C=S) groups is 1. The van der Waals surface area contributed by atoms with Gasteiger partial charge in [-0.15, -0.1) is 0 Å². The summed E-state index contributed by atoms with van der Waals surface area (Å²) < 4.78 is 1.11. The maximum absolute atomic E-state index is 12.0. The number of benzene rings is 1. The average molecular weight is 434 g/mol. The molecule has 0 spiro atoms. The van der Waals surface area contributed by atoms with Gasteiger partial charge in [-0.3, -0.25) is 4.79 Å². The van der Waals surface area contributed by atoms with E-state index in [2.05, 4.69) is 37.2 Å². The highest BCUT2D eigenvalue weighted by Gasteiger charge is 2.31. The summed E-state index contributed by atoms with van der Waals surface area (Å²) in [6.07, 6.45) is 0. The molecule has 0 saturated heterocycles. The van der Waals surface area contributed by atoms with Gasteiger partial charge in [0.05, 0.1) is 15.0 Å². The molecule has 0 saturated carbocycles. The summed E-state index contributed by atoms with van der Waals surface area (Å²) in [5, 5.41) is 13.6. The number of hydrogen-bond donors (Lipinski definition) is 2. The molecule has 1 unspecified atom stereocenters. The first-order chi connectivity index (χ1) is 9.73. The highest BCUT2D eigenvalue weighted by molar-refractivity contribution is 9.11. The third-order valence-corrected chi connectivity index (χ3v) is 5.11. The lowest BCUT2D eigenvalue weighted by Gasteiger charge is -2.35. The number of nitrogens with one attached hydrogen (secondary N) is 1. The molecule has 1 atom stereocenters. The summed E-state index contributed by atoms with van der Waals surface area (Å²) in [6.45, 7) is 3.42. The molecule has 1 aromatic carbocycles. The molecule has 2 rings (SSSR count). The Bertz CT molecular complexity index is 650. The Labute approximate surface area is 145 Å². The highest BCUT2D eigenvalue weighted by Crippen LogP contribution is 2.38. The van der Waals surface area contributed by atoms with E-state index in [1.165, 1.54) is 0 Å². The Balaban J connectivity index is 2.61. The van der Waals surface area contributed by atoms with Gasteiger partial charge in [0.2, 0.25) is 0 Å². The largest absolute Gasteiger partial charge is 0.506 e. The second kappa shape index (κ2) is 6.06. The monoisotopic (exact) mass is 432 g/mol. The van der Waals surface area contributed by atoms with E-state index in [9.17, 15) is 9.90 Å². The number of nitrogens with zero attached hydrogens (tertiary/aromatic N) is 1. The number of carbonyl (C=O) groups excluding carboxylic acids is 1. The predicted molar refractivity (Wildman–Crippen MR) is 93.1 cm³/mol. The van der Waals surface area contributed by atoms with Crippen molar-refractivity contribution in [3.05, 3.63) is 37.9 Å². The first-order valence-electron chi connectivity index (χ1n) is 6.17. The molecule has 0 fully saturated rings. The van der Waals surface area contributed by atoms with Gasteiger partial charge < -0.3 is 15.3 Å². The van der Waals surface area contributed by atoms with E-state index < -0.39 is 0 Å². The molecule has 2 N–H and O–H groups in total. The third kappa shape index (κ3) is 3.00. The number of phenolic OH excluding ortho intramolecular Hbond substituents is 1. The summed E-state index contributed by atoms with van der Waals surface area (Å²) >= 11 is 11.9. The van der Waals surface area contributed by atoms with E-state index in [-0.39, 0.29) is 17.6 Å². The maximum Gasteiger partial charge on any atom is 0.173 e. The van der Waals surface area contributed by atoms with Crippen LogP contribution in [0.3, 0.4) is 0 Å². The zero-order chi connectivity index (χ0) is 15.9. The van der Waals surface area contributed by atoms with Crippen LogP contribution in [0.5, 0.6) is 5.75 Å². The molecule has 1 heterocycles. The fourth-order valence-electron chi connectivity index (χ4n) is 2.29. The molecule has 1 aromatic rings. The standard InChI is InChI=1S/C14H14Br2N2O2S/c1-6-11(7(2)19)12(17-14(21)18(6)3)8-4-9(15)13(20)10(16)5-8/h4-5,12,20H,1-3H3,(H,17,21). The van der Waals surface area contributed by atoms with Crippen molar-refractivity contribution in [2.45, 2.75) is 19.9 Å². The number of carbonyl (C=O) groups is 1. The zero-order valence-electron chi connectivity index (χ0n) is 11.7. The molecule has 0 amide bonds. The summed E-state index contributed by atoms with van der Waals surface area (Å²) in [4.78, 5) is 13.8. The molecule has 112 valence electrons. The quantitative estimate of drug-likeness (QED) is 0.697. The second-order valence-electron chi connectivity index (χ2n) is 4.83. The molecule has 21 heavy (non-hydrogen) atoms. The van der Waals surface area contributed by atoms with Crippen LogP contribution in [0.15, 0.2) is 32.3 Å². The van der Waals surface area contributed by atoms with Crippen LogP contribution in [0.1, 0.15) is 25.5 Å². The molecule has 0 bridgehead atoms. The number of aromatic hydroxyl groups is 1. The van der Waals surface area contributed by atoms with Crippen molar-refractivity contribution >= 4 is 55.0 Å². The molecule has 1 aliphatic rings. The number of Topliss-reactive ketones (excluding diaryl/α,β-unsaturated/α-hetero) is 1. The normalized spacial score (nSPS) is 18.8.